The molecule has 0 bridgehead atoms. The Morgan fingerprint density at radius 1 is 1.00 bits per heavy atom. The summed E-state index contributed by atoms with van der Waals surface area (Å²) in [7, 11) is 0. The minimum absolute atomic E-state index is 0.448. The fourth-order valence-electron chi connectivity index (χ4n) is 3.89. The van der Waals surface area contributed by atoms with E-state index in [2.05, 4.69) is 23.5 Å². The van der Waals surface area contributed by atoms with Crippen molar-refractivity contribution in [3.05, 3.63) is 53.8 Å². The molecule has 1 saturated carbocycles. The minimum Gasteiger partial charge on any atom is -0.432 e. The van der Waals surface area contributed by atoms with Gasteiger partial charge in [-0.2, -0.15) is 8.78 Å². The molecule has 0 aliphatic heterocycles. The molecule has 0 heterocycles. The van der Waals surface area contributed by atoms with Crippen molar-refractivity contribution in [1.82, 2.24) is 0 Å². The van der Waals surface area contributed by atoms with Gasteiger partial charge in [-0.3, -0.25) is 0 Å². The van der Waals surface area contributed by atoms with Crippen molar-refractivity contribution in [1.29, 1.82) is 0 Å². The molecule has 0 spiro atoms. The third-order valence-corrected chi connectivity index (χ3v) is 5.60. The van der Waals surface area contributed by atoms with Crippen LogP contribution in [-0.2, 0) is 0 Å². The number of hydrogen-bond acceptors (Lipinski definition) is 1. The summed E-state index contributed by atoms with van der Waals surface area (Å²) in [5.74, 6) is 6.78. The second kappa shape index (κ2) is 10.4. The molecule has 0 saturated heterocycles. The van der Waals surface area contributed by atoms with Crippen molar-refractivity contribution in [3.8, 4) is 28.7 Å². The zero-order valence-corrected chi connectivity index (χ0v) is 16.8. The standard InChI is InChI=1S/C25H27F3O/c1-2-3-4-18-5-7-19(8-6-18)9-10-20-11-13-21(14-12-20)22-15-16-24(23(26)17-22)29-25(27)28/h11-19,25H,2-8H2,1H3/t18-,19-. The van der Waals surface area contributed by atoms with Gasteiger partial charge in [0, 0.05) is 11.5 Å². The highest BCUT2D eigenvalue weighted by Gasteiger charge is 2.19. The Morgan fingerprint density at radius 3 is 2.31 bits per heavy atom. The predicted molar refractivity (Wildman–Crippen MR) is 110 cm³/mol. The van der Waals surface area contributed by atoms with Crippen molar-refractivity contribution in [3.63, 3.8) is 0 Å². The van der Waals surface area contributed by atoms with Crippen molar-refractivity contribution in [2.75, 3.05) is 0 Å². The third-order valence-electron chi connectivity index (χ3n) is 5.60. The Hall–Kier alpha value is -2.41. The number of hydrogen-bond donors (Lipinski definition) is 0. The Kier molecular flexibility index (Phi) is 7.63. The van der Waals surface area contributed by atoms with Gasteiger partial charge in [0.2, 0.25) is 0 Å². The van der Waals surface area contributed by atoms with Gasteiger partial charge in [0.1, 0.15) is 0 Å². The van der Waals surface area contributed by atoms with Gasteiger partial charge in [0.15, 0.2) is 11.6 Å². The molecule has 0 atom stereocenters. The van der Waals surface area contributed by atoms with Gasteiger partial charge in [-0.1, -0.05) is 56.2 Å². The molecule has 3 rings (SSSR count). The second-order valence-corrected chi connectivity index (χ2v) is 7.73. The van der Waals surface area contributed by atoms with E-state index < -0.39 is 18.2 Å². The van der Waals surface area contributed by atoms with E-state index in [0.29, 0.717) is 11.5 Å². The van der Waals surface area contributed by atoms with Gasteiger partial charge < -0.3 is 4.74 Å². The highest BCUT2D eigenvalue weighted by Crippen LogP contribution is 2.31. The van der Waals surface area contributed by atoms with Gasteiger partial charge in [0.25, 0.3) is 0 Å². The summed E-state index contributed by atoms with van der Waals surface area (Å²) in [4.78, 5) is 0. The molecule has 1 fully saturated rings. The maximum absolute atomic E-state index is 13.9. The van der Waals surface area contributed by atoms with E-state index in [1.54, 1.807) is 6.07 Å². The summed E-state index contributed by atoms with van der Waals surface area (Å²) in [6.45, 7) is -0.796. The minimum atomic E-state index is -3.04. The number of ether oxygens (including phenoxy) is 1. The zero-order valence-electron chi connectivity index (χ0n) is 16.8. The van der Waals surface area contributed by atoms with Gasteiger partial charge in [0.05, 0.1) is 0 Å². The molecule has 0 aromatic heterocycles. The van der Waals surface area contributed by atoms with Gasteiger partial charge in [-0.25, -0.2) is 4.39 Å². The largest absolute Gasteiger partial charge is 0.432 e. The quantitative estimate of drug-likeness (QED) is 0.458. The molecular weight excluding hydrogens is 373 g/mol. The molecule has 1 nitrogen and oxygen atoms in total. The van der Waals surface area contributed by atoms with E-state index in [9.17, 15) is 13.2 Å². The SMILES string of the molecule is CCCC[C@H]1CC[C@H](C#Cc2ccc(-c3ccc(OC(F)F)c(F)c3)cc2)CC1. The Bertz CT molecular complexity index is 841. The van der Waals surface area contributed by atoms with Crippen LogP contribution in [0, 0.1) is 29.5 Å². The van der Waals surface area contributed by atoms with Gasteiger partial charge in [-0.05, 0) is 67.0 Å². The van der Waals surface area contributed by atoms with E-state index in [-0.39, 0.29) is 0 Å². The van der Waals surface area contributed by atoms with E-state index in [4.69, 9.17) is 0 Å². The summed E-state index contributed by atoms with van der Waals surface area (Å²) in [6, 6.07) is 11.6. The number of rotatable bonds is 6. The third kappa shape index (κ3) is 6.29. The first kappa shape index (κ1) is 21.3. The molecular formula is C25H27F3O. The maximum atomic E-state index is 13.9. The van der Waals surface area contributed by atoms with E-state index in [1.807, 2.05) is 24.3 Å². The molecule has 4 heteroatoms. The molecule has 0 unspecified atom stereocenters. The van der Waals surface area contributed by atoms with Crippen LogP contribution in [-0.4, -0.2) is 6.61 Å². The van der Waals surface area contributed by atoms with E-state index >= 15 is 0 Å². The molecule has 2 aromatic rings. The Labute approximate surface area is 171 Å². The van der Waals surface area contributed by atoms with Crippen molar-refractivity contribution in [2.24, 2.45) is 11.8 Å². The zero-order chi connectivity index (χ0) is 20.6. The van der Waals surface area contributed by atoms with Crippen LogP contribution in [0.3, 0.4) is 0 Å². The van der Waals surface area contributed by atoms with Crippen molar-refractivity contribution >= 4 is 0 Å². The normalized spacial score (nSPS) is 18.9. The summed E-state index contributed by atoms with van der Waals surface area (Å²) in [5, 5.41) is 0. The number of benzene rings is 2. The number of unbranched alkanes of at least 4 members (excludes halogenated alkanes) is 1. The summed E-state index contributed by atoms with van der Waals surface area (Å²) < 4.78 is 42.5. The van der Waals surface area contributed by atoms with Crippen LogP contribution in [0.5, 0.6) is 5.75 Å². The molecule has 0 amide bonds. The number of alkyl halides is 2. The molecule has 0 N–H and O–H groups in total. The van der Waals surface area contributed by atoms with Crippen LogP contribution in [0.15, 0.2) is 42.5 Å². The molecule has 1 aliphatic rings. The second-order valence-electron chi connectivity index (χ2n) is 7.73. The average molecular weight is 400 g/mol. The van der Waals surface area contributed by atoms with Crippen molar-refractivity contribution < 1.29 is 17.9 Å². The first-order valence-corrected chi connectivity index (χ1v) is 10.4. The van der Waals surface area contributed by atoms with E-state index in [0.717, 1.165) is 17.0 Å². The topological polar surface area (TPSA) is 9.23 Å². The lowest BCUT2D eigenvalue weighted by atomic mass is 9.80. The molecule has 2 aromatic carbocycles. The van der Waals surface area contributed by atoms with Crippen LogP contribution < -0.4 is 4.74 Å². The summed E-state index contributed by atoms with van der Waals surface area (Å²) in [5.41, 5.74) is 2.34. The highest BCUT2D eigenvalue weighted by molar-refractivity contribution is 5.65. The van der Waals surface area contributed by atoms with Crippen LogP contribution in [0.4, 0.5) is 13.2 Å². The maximum Gasteiger partial charge on any atom is 0.387 e. The van der Waals surface area contributed by atoms with Crippen LogP contribution in [0.1, 0.15) is 57.4 Å². The van der Waals surface area contributed by atoms with Gasteiger partial charge in [-0.15, -0.1) is 0 Å². The fraction of sp³-hybridized carbons (Fsp3) is 0.440. The van der Waals surface area contributed by atoms with Crippen LogP contribution in [0.25, 0.3) is 11.1 Å². The van der Waals surface area contributed by atoms with E-state index in [1.165, 1.54) is 57.1 Å². The Morgan fingerprint density at radius 2 is 1.69 bits per heavy atom. The molecule has 29 heavy (non-hydrogen) atoms. The summed E-state index contributed by atoms with van der Waals surface area (Å²) >= 11 is 0. The lowest BCUT2D eigenvalue weighted by Crippen LogP contribution is -2.13. The molecule has 154 valence electrons. The Balaban J connectivity index is 1.59. The predicted octanol–water partition coefficient (Wildman–Crippen LogP) is 7.44. The lowest BCUT2D eigenvalue weighted by molar-refractivity contribution is -0.0521. The average Bonchev–Trinajstić information content (AvgIpc) is 2.73. The van der Waals surface area contributed by atoms with Crippen LogP contribution >= 0.6 is 0 Å². The van der Waals surface area contributed by atoms with Gasteiger partial charge >= 0.3 is 6.61 Å². The molecule has 0 radical (unpaired) electrons. The first-order valence-electron chi connectivity index (χ1n) is 10.4. The molecule has 1 aliphatic carbocycles. The van der Waals surface area contributed by atoms with Crippen LogP contribution in [0.2, 0.25) is 0 Å². The summed E-state index contributed by atoms with van der Waals surface area (Å²) in [6.07, 6.45) is 8.91. The first-order chi connectivity index (χ1) is 14.0. The van der Waals surface area contributed by atoms with Crippen molar-refractivity contribution in [2.45, 2.75) is 58.5 Å². The lowest BCUT2D eigenvalue weighted by Gasteiger charge is -2.25. The highest BCUT2D eigenvalue weighted by atomic mass is 19.3. The number of halogens is 3. The smallest absolute Gasteiger partial charge is 0.387 e. The fourth-order valence-corrected chi connectivity index (χ4v) is 3.89. The monoisotopic (exact) mass is 400 g/mol.